The summed E-state index contributed by atoms with van der Waals surface area (Å²) in [6.45, 7) is 5.94. The van der Waals surface area contributed by atoms with Gasteiger partial charge < -0.3 is 5.11 Å². The van der Waals surface area contributed by atoms with Crippen molar-refractivity contribution in [3.05, 3.63) is 36.0 Å². The van der Waals surface area contributed by atoms with E-state index >= 15 is 0 Å². The van der Waals surface area contributed by atoms with Crippen LogP contribution in [0, 0.1) is 6.92 Å². The van der Waals surface area contributed by atoms with Crippen molar-refractivity contribution >= 4 is 10.9 Å². The van der Waals surface area contributed by atoms with Gasteiger partial charge in [-0.25, -0.2) is 0 Å². The Morgan fingerprint density at radius 3 is 2.64 bits per heavy atom. The highest BCUT2D eigenvalue weighted by Crippen LogP contribution is 2.21. The van der Waals surface area contributed by atoms with Crippen LogP contribution in [-0.4, -0.2) is 10.1 Å². The van der Waals surface area contributed by atoms with E-state index in [0.29, 0.717) is 5.75 Å². The molecule has 1 heterocycles. The molecule has 14 heavy (non-hydrogen) atoms. The normalized spacial score (nSPS) is 9.36. The number of nitrogens with zero attached hydrogens (tertiary/aromatic N) is 1. The summed E-state index contributed by atoms with van der Waals surface area (Å²) >= 11 is 0. The molecule has 0 fully saturated rings. The van der Waals surface area contributed by atoms with Gasteiger partial charge in [-0.15, -0.1) is 0 Å². The zero-order valence-electron chi connectivity index (χ0n) is 8.78. The van der Waals surface area contributed by atoms with Crippen LogP contribution >= 0.6 is 0 Å². The number of hydrogen-bond donors (Lipinski definition) is 1. The van der Waals surface area contributed by atoms with Crippen molar-refractivity contribution < 1.29 is 5.11 Å². The van der Waals surface area contributed by atoms with E-state index in [2.05, 4.69) is 4.98 Å². The van der Waals surface area contributed by atoms with Crippen molar-refractivity contribution in [2.45, 2.75) is 20.8 Å². The molecule has 0 aliphatic rings. The minimum Gasteiger partial charge on any atom is -0.508 e. The van der Waals surface area contributed by atoms with E-state index in [4.69, 9.17) is 0 Å². The molecule has 0 atom stereocenters. The Morgan fingerprint density at radius 2 is 1.93 bits per heavy atom. The molecule has 0 aliphatic carbocycles. The van der Waals surface area contributed by atoms with E-state index in [-0.39, 0.29) is 0 Å². The molecule has 0 saturated heterocycles. The maximum absolute atomic E-state index is 9.28. The molecule has 74 valence electrons. The molecule has 2 heteroatoms. The second kappa shape index (κ2) is 4.61. The van der Waals surface area contributed by atoms with Crippen LogP contribution in [0.5, 0.6) is 5.75 Å². The van der Waals surface area contributed by atoms with Crippen LogP contribution in [0.1, 0.15) is 19.4 Å². The van der Waals surface area contributed by atoms with E-state index in [0.717, 1.165) is 16.5 Å². The standard InChI is InChI=1S/C10H9NO.C2H6/c1-7-5-9(12)6-8-3-2-4-11-10(7)8;1-2/h2-6,12H,1H3;1-2H3. The number of aryl methyl sites for hydroxylation is 1. The van der Waals surface area contributed by atoms with Gasteiger partial charge in [0.05, 0.1) is 5.52 Å². The summed E-state index contributed by atoms with van der Waals surface area (Å²) in [7, 11) is 0. The van der Waals surface area contributed by atoms with Crippen molar-refractivity contribution in [2.75, 3.05) is 0 Å². The van der Waals surface area contributed by atoms with E-state index in [1.807, 2.05) is 32.9 Å². The number of rotatable bonds is 0. The van der Waals surface area contributed by atoms with Gasteiger partial charge in [-0.2, -0.15) is 0 Å². The molecule has 1 aromatic carbocycles. The first-order valence-corrected chi connectivity index (χ1v) is 4.82. The summed E-state index contributed by atoms with van der Waals surface area (Å²) < 4.78 is 0. The van der Waals surface area contributed by atoms with Crippen LogP contribution in [0.3, 0.4) is 0 Å². The molecule has 1 aromatic heterocycles. The van der Waals surface area contributed by atoms with Crippen LogP contribution in [-0.2, 0) is 0 Å². The SMILES string of the molecule is CC.Cc1cc(O)cc2cccnc12. The maximum atomic E-state index is 9.28. The number of fused-ring (bicyclic) bond motifs is 1. The molecular formula is C12H15NO. The largest absolute Gasteiger partial charge is 0.508 e. The van der Waals surface area contributed by atoms with Crippen molar-refractivity contribution in [3.8, 4) is 5.75 Å². The van der Waals surface area contributed by atoms with Crippen LogP contribution in [0.15, 0.2) is 30.5 Å². The summed E-state index contributed by atoms with van der Waals surface area (Å²) in [4.78, 5) is 4.21. The Bertz CT molecular complexity index is 424. The van der Waals surface area contributed by atoms with Crippen LogP contribution in [0.4, 0.5) is 0 Å². The van der Waals surface area contributed by atoms with E-state index < -0.39 is 0 Å². The minimum absolute atomic E-state index is 0.299. The zero-order chi connectivity index (χ0) is 10.6. The topological polar surface area (TPSA) is 33.1 Å². The van der Waals surface area contributed by atoms with Gasteiger partial charge in [0.25, 0.3) is 0 Å². The number of aromatic hydroxyl groups is 1. The summed E-state index contributed by atoms with van der Waals surface area (Å²) in [5, 5.41) is 10.3. The number of phenols is 1. The molecule has 0 amide bonds. The van der Waals surface area contributed by atoms with Gasteiger partial charge in [0.1, 0.15) is 5.75 Å². The van der Waals surface area contributed by atoms with Crippen LogP contribution in [0.25, 0.3) is 10.9 Å². The fourth-order valence-corrected chi connectivity index (χ4v) is 1.35. The van der Waals surface area contributed by atoms with Gasteiger partial charge in [0.2, 0.25) is 0 Å². The molecule has 1 N–H and O–H groups in total. The average molecular weight is 189 g/mol. The van der Waals surface area contributed by atoms with Crippen molar-refractivity contribution in [3.63, 3.8) is 0 Å². The first-order chi connectivity index (χ1) is 6.77. The third-order valence-electron chi connectivity index (χ3n) is 1.88. The fourth-order valence-electron chi connectivity index (χ4n) is 1.35. The lowest BCUT2D eigenvalue weighted by atomic mass is 10.1. The predicted octanol–water partition coefficient (Wildman–Crippen LogP) is 3.28. The van der Waals surface area contributed by atoms with Crippen molar-refractivity contribution in [2.24, 2.45) is 0 Å². The minimum atomic E-state index is 0.299. The molecule has 2 rings (SSSR count). The second-order valence-corrected chi connectivity index (χ2v) is 2.84. The van der Waals surface area contributed by atoms with Gasteiger partial charge >= 0.3 is 0 Å². The highest BCUT2D eigenvalue weighted by atomic mass is 16.3. The van der Waals surface area contributed by atoms with Gasteiger partial charge in [0, 0.05) is 11.6 Å². The Kier molecular flexibility index (Phi) is 3.46. The molecule has 0 spiro atoms. The molecule has 0 unspecified atom stereocenters. The molecule has 0 radical (unpaired) electrons. The van der Waals surface area contributed by atoms with Gasteiger partial charge in [-0.05, 0) is 30.7 Å². The Labute approximate surface area is 84.2 Å². The highest BCUT2D eigenvalue weighted by molar-refractivity contribution is 5.82. The maximum Gasteiger partial charge on any atom is 0.116 e. The number of benzene rings is 1. The lowest BCUT2D eigenvalue weighted by Crippen LogP contribution is -1.81. The van der Waals surface area contributed by atoms with Gasteiger partial charge in [-0.1, -0.05) is 19.9 Å². The quantitative estimate of drug-likeness (QED) is 0.690. The Morgan fingerprint density at radius 1 is 1.21 bits per heavy atom. The molecule has 2 aromatic rings. The van der Waals surface area contributed by atoms with Crippen molar-refractivity contribution in [1.29, 1.82) is 0 Å². The van der Waals surface area contributed by atoms with Crippen LogP contribution in [0.2, 0.25) is 0 Å². The molecule has 0 aliphatic heterocycles. The molecular weight excluding hydrogens is 174 g/mol. The van der Waals surface area contributed by atoms with Crippen molar-refractivity contribution in [1.82, 2.24) is 4.98 Å². The molecule has 0 bridgehead atoms. The lowest BCUT2D eigenvalue weighted by molar-refractivity contribution is 0.476. The number of phenolic OH excluding ortho intramolecular Hbond substituents is 1. The predicted molar refractivity (Wildman–Crippen MR) is 59.5 cm³/mol. The first kappa shape index (κ1) is 10.5. The summed E-state index contributed by atoms with van der Waals surface area (Å²) in [5.74, 6) is 0.299. The zero-order valence-corrected chi connectivity index (χ0v) is 8.78. The second-order valence-electron chi connectivity index (χ2n) is 2.84. The average Bonchev–Trinajstić information content (AvgIpc) is 2.20. The van der Waals surface area contributed by atoms with E-state index in [9.17, 15) is 5.11 Å². The number of aromatic nitrogens is 1. The van der Waals surface area contributed by atoms with Crippen LogP contribution < -0.4 is 0 Å². The summed E-state index contributed by atoms with van der Waals surface area (Å²) in [6, 6.07) is 7.24. The lowest BCUT2D eigenvalue weighted by Gasteiger charge is -2.00. The Hall–Kier alpha value is -1.57. The van der Waals surface area contributed by atoms with Gasteiger partial charge in [-0.3, -0.25) is 4.98 Å². The number of hydrogen-bond acceptors (Lipinski definition) is 2. The van der Waals surface area contributed by atoms with E-state index in [1.54, 1.807) is 18.3 Å². The third kappa shape index (κ3) is 2.02. The highest BCUT2D eigenvalue weighted by Gasteiger charge is 1.98. The monoisotopic (exact) mass is 189 g/mol. The summed E-state index contributed by atoms with van der Waals surface area (Å²) in [5.41, 5.74) is 1.96. The number of pyridine rings is 1. The first-order valence-electron chi connectivity index (χ1n) is 4.82. The Balaban J connectivity index is 0.000000461. The molecule has 2 nitrogen and oxygen atoms in total. The summed E-state index contributed by atoms with van der Waals surface area (Å²) in [6.07, 6.45) is 1.76. The fraction of sp³-hybridized carbons (Fsp3) is 0.250. The third-order valence-corrected chi connectivity index (χ3v) is 1.88. The molecule has 0 saturated carbocycles. The van der Waals surface area contributed by atoms with E-state index in [1.165, 1.54) is 0 Å². The van der Waals surface area contributed by atoms with Gasteiger partial charge in [0.15, 0.2) is 0 Å². The smallest absolute Gasteiger partial charge is 0.116 e.